The van der Waals surface area contributed by atoms with Crippen LogP contribution in [0.25, 0.3) is 10.9 Å². The number of hydrogen-bond donors (Lipinski definition) is 1. The lowest BCUT2D eigenvalue weighted by atomic mass is 9.91. The third-order valence-corrected chi connectivity index (χ3v) is 4.22. The van der Waals surface area contributed by atoms with E-state index in [-0.39, 0.29) is 0 Å². The predicted octanol–water partition coefficient (Wildman–Crippen LogP) is 3.34. The van der Waals surface area contributed by atoms with Crippen molar-refractivity contribution in [2.24, 2.45) is 5.92 Å². The lowest BCUT2D eigenvalue weighted by Crippen LogP contribution is -2.28. The number of benzene rings is 1. The van der Waals surface area contributed by atoms with Crippen molar-refractivity contribution in [1.82, 2.24) is 10.3 Å². The number of pyridine rings is 1. The van der Waals surface area contributed by atoms with Gasteiger partial charge in [-0.25, -0.2) is 0 Å². The van der Waals surface area contributed by atoms with Gasteiger partial charge in [0.1, 0.15) is 0 Å². The fraction of sp³-hybridized carbons (Fsp3) is 0.471. The number of nitrogens with zero attached hydrogens (tertiary/aromatic N) is 1. The summed E-state index contributed by atoms with van der Waals surface area (Å²) in [4.78, 5) is 4.70. The van der Waals surface area contributed by atoms with Gasteiger partial charge in [-0.2, -0.15) is 0 Å². The molecule has 1 fully saturated rings. The van der Waals surface area contributed by atoms with E-state index >= 15 is 0 Å². The van der Waals surface area contributed by atoms with Crippen LogP contribution >= 0.6 is 0 Å². The zero-order valence-electron chi connectivity index (χ0n) is 11.7. The molecule has 2 heterocycles. The molecule has 2 heteroatoms. The van der Waals surface area contributed by atoms with Crippen molar-refractivity contribution in [3.63, 3.8) is 0 Å². The normalized spacial score (nSPS) is 16.9. The highest BCUT2D eigenvalue weighted by Gasteiger charge is 2.14. The first kappa shape index (κ1) is 12.6. The van der Waals surface area contributed by atoms with E-state index in [4.69, 9.17) is 4.98 Å². The quantitative estimate of drug-likeness (QED) is 0.908. The van der Waals surface area contributed by atoms with Gasteiger partial charge >= 0.3 is 0 Å². The smallest absolute Gasteiger partial charge is 0.0733 e. The van der Waals surface area contributed by atoms with Crippen molar-refractivity contribution in [2.45, 2.75) is 32.6 Å². The molecule has 0 aliphatic carbocycles. The fourth-order valence-corrected chi connectivity index (χ4v) is 3.09. The summed E-state index contributed by atoms with van der Waals surface area (Å²) in [5.74, 6) is 0.829. The number of para-hydroxylation sites is 1. The van der Waals surface area contributed by atoms with E-state index in [0.717, 1.165) is 12.3 Å². The molecule has 0 radical (unpaired) electrons. The van der Waals surface area contributed by atoms with Crippen LogP contribution in [0.15, 0.2) is 30.5 Å². The van der Waals surface area contributed by atoms with Gasteiger partial charge in [0, 0.05) is 11.6 Å². The van der Waals surface area contributed by atoms with Crippen LogP contribution in [0.1, 0.15) is 30.9 Å². The van der Waals surface area contributed by atoms with Gasteiger partial charge in [-0.3, -0.25) is 4.98 Å². The molecule has 0 unspecified atom stereocenters. The minimum absolute atomic E-state index is 0.829. The number of aryl methyl sites for hydroxylation is 1. The molecule has 0 amide bonds. The van der Waals surface area contributed by atoms with Crippen molar-refractivity contribution in [2.75, 3.05) is 13.1 Å². The monoisotopic (exact) mass is 254 g/mol. The van der Waals surface area contributed by atoms with Crippen LogP contribution in [-0.2, 0) is 12.8 Å². The van der Waals surface area contributed by atoms with Gasteiger partial charge in [0.05, 0.1) is 5.52 Å². The maximum Gasteiger partial charge on any atom is 0.0733 e. The summed E-state index contributed by atoms with van der Waals surface area (Å²) in [6, 6.07) is 8.86. The van der Waals surface area contributed by atoms with Crippen LogP contribution in [0.3, 0.4) is 0 Å². The van der Waals surface area contributed by atoms with E-state index in [1.54, 1.807) is 0 Å². The minimum Gasteiger partial charge on any atom is -0.317 e. The molecular formula is C17H22N2. The summed E-state index contributed by atoms with van der Waals surface area (Å²) >= 11 is 0. The molecule has 19 heavy (non-hydrogen) atoms. The Labute approximate surface area is 115 Å². The molecule has 0 spiro atoms. The molecule has 3 rings (SSSR count). The summed E-state index contributed by atoms with van der Waals surface area (Å²) in [7, 11) is 0. The molecule has 1 aliphatic rings. The SMILES string of the molecule is CCc1cccc2cc(CC3CCNCC3)cnc12. The highest BCUT2D eigenvalue weighted by atomic mass is 14.9. The first-order valence-corrected chi connectivity index (χ1v) is 7.44. The van der Waals surface area contributed by atoms with Crippen LogP contribution in [0.2, 0.25) is 0 Å². The largest absolute Gasteiger partial charge is 0.317 e. The topological polar surface area (TPSA) is 24.9 Å². The Morgan fingerprint density at radius 1 is 1.26 bits per heavy atom. The first-order valence-electron chi connectivity index (χ1n) is 7.44. The van der Waals surface area contributed by atoms with Gasteiger partial charge in [0.2, 0.25) is 0 Å². The standard InChI is InChI=1S/C17H22N2/c1-2-15-4-3-5-16-11-14(12-19-17(15)16)10-13-6-8-18-9-7-13/h3-5,11-13,18H,2,6-10H2,1H3. The molecule has 1 aromatic heterocycles. The van der Waals surface area contributed by atoms with Crippen LogP contribution in [0.5, 0.6) is 0 Å². The van der Waals surface area contributed by atoms with Crippen LogP contribution in [0.4, 0.5) is 0 Å². The molecule has 1 saturated heterocycles. The van der Waals surface area contributed by atoms with E-state index in [9.17, 15) is 0 Å². The van der Waals surface area contributed by atoms with E-state index in [2.05, 4.69) is 42.7 Å². The minimum atomic E-state index is 0.829. The average molecular weight is 254 g/mol. The van der Waals surface area contributed by atoms with Crippen molar-refractivity contribution in [3.05, 3.63) is 41.6 Å². The van der Waals surface area contributed by atoms with Gasteiger partial charge in [-0.15, -0.1) is 0 Å². The van der Waals surface area contributed by atoms with Crippen LogP contribution < -0.4 is 5.32 Å². The second-order valence-corrected chi connectivity index (χ2v) is 5.58. The van der Waals surface area contributed by atoms with Crippen LogP contribution in [0, 0.1) is 5.92 Å². The maximum absolute atomic E-state index is 4.70. The predicted molar refractivity (Wildman–Crippen MR) is 80.4 cm³/mol. The number of hydrogen-bond acceptors (Lipinski definition) is 2. The molecule has 100 valence electrons. The molecule has 2 aromatic rings. The summed E-state index contributed by atoms with van der Waals surface area (Å²) in [6.07, 6.45) is 6.92. The summed E-state index contributed by atoms with van der Waals surface area (Å²) in [6.45, 7) is 4.54. The third-order valence-electron chi connectivity index (χ3n) is 4.22. The number of piperidine rings is 1. The second-order valence-electron chi connectivity index (χ2n) is 5.58. The Kier molecular flexibility index (Phi) is 3.79. The van der Waals surface area contributed by atoms with Gasteiger partial charge in [0.25, 0.3) is 0 Å². The first-order chi connectivity index (χ1) is 9.36. The van der Waals surface area contributed by atoms with Crippen molar-refractivity contribution in [3.8, 4) is 0 Å². The van der Waals surface area contributed by atoms with E-state index in [0.29, 0.717) is 0 Å². The number of fused-ring (bicyclic) bond motifs is 1. The molecule has 0 atom stereocenters. The van der Waals surface area contributed by atoms with Gasteiger partial charge in [-0.05, 0) is 61.9 Å². The summed E-state index contributed by atoms with van der Waals surface area (Å²) in [5.41, 5.74) is 3.93. The molecule has 1 aromatic carbocycles. The Hall–Kier alpha value is -1.41. The number of nitrogens with one attached hydrogen (secondary N) is 1. The molecule has 0 bridgehead atoms. The average Bonchev–Trinajstić information content (AvgIpc) is 2.47. The molecule has 0 saturated carbocycles. The molecular weight excluding hydrogens is 232 g/mol. The van der Waals surface area contributed by atoms with Gasteiger partial charge in [-0.1, -0.05) is 25.1 Å². The fourth-order valence-electron chi connectivity index (χ4n) is 3.09. The lowest BCUT2D eigenvalue weighted by molar-refractivity contribution is 0.372. The Morgan fingerprint density at radius 2 is 2.11 bits per heavy atom. The van der Waals surface area contributed by atoms with Crippen LogP contribution in [-0.4, -0.2) is 18.1 Å². The number of aromatic nitrogens is 1. The zero-order valence-corrected chi connectivity index (χ0v) is 11.7. The molecule has 1 aliphatic heterocycles. The van der Waals surface area contributed by atoms with E-state index in [1.165, 1.54) is 54.4 Å². The highest BCUT2D eigenvalue weighted by Crippen LogP contribution is 2.22. The molecule has 1 N–H and O–H groups in total. The van der Waals surface area contributed by atoms with E-state index in [1.807, 2.05) is 0 Å². The van der Waals surface area contributed by atoms with Crippen molar-refractivity contribution in [1.29, 1.82) is 0 Å². The van der Waals surface area contributed by atoms with E-state index < -0.39 is 0 Å². The number of rotatable bonds is 3. The lowest BCUT2D eigenvalue weighted by Gasteiger charge is -2.22. The summed E-state index contributed by atoms with van der Waals surface area (Å²) < 4.78 is 0. The van der Waals surface area contributed by atoms with Gasteiger partial charge < -0.3 is 5.32 Å². The zero-order chi connectivity index (χ0) is 13.1. The molecule has 2 nitrogen and oxygen atoms in total. The van der Waals surface area contributed by atoms with Crippen molar-refractivity contribution < 1.29 is 0 Å². The Balaban J connectivity index is 1.85. The maximum atomic E-state index is 4.70. The Morgan fingerprint density at radius 3 is 2.89 bits per heavy atom. The summed E-state index contributed by atoms with van der Waals surface area (Å²) in [5, 5.41) is 4.73. The Bertz CT molecular complexity index is 556. The van der Waals surface area contributed by atoms with Crippen molar-refractivity contribution >= 4 is 10.9 Å². The highest BCUT2D eigenvalue weighted by molar-refractivity contribution is 5.82. The second kappa shape index (κ2) is 5.70. The van der Waals surface area contributed by atoms with Gasteiger partial charge in [0.15, 0.2) is 0 Å². The third kappa shape index (κ3) is 2.79.